The minimum Gasteiger partial charge on any atom is -0.408 e. The molecule has 0 bridgehead atoms. The molecular formula is C13H12N2O2S. The third kappa shape index (κ3) is 1.68. The van der Waals surface area contributed by atoms with Crippen molar-refractivity contribution in [2.24, 2.45) is 12.8 Å². The van der Waals surface area contributed by atoms with Crippen LogP contribution in [0.25, 0.3) is 11.1 Å². The fourth-order valence-corrected chi connectivity index (χ4v) is 2.68. The molecule has 18 heavy (non-hydrogen) atoms. The van der Waals surface area contributed by atoms with Gasteiger partial charge in [0, 0.05) is 7.05 Å². The van der Waals surface area contributed by atoms with E-state index in [9.17, 15) is 4.79 Å². The van der Waals surface area contributed by atoms with E-state index < -0.39 is 0 Å². The molecule has 5 heteroatoms. The Hall–Kier alpha value is -1.85. The molecule has 4 nitrogen and oxygen atoms in total. The van der Waals surface area contributed by atoms with E-state index in [2.05, 4.69) is 0 Å². The van der Waals surface area contributed by atoms with Crippen LogP contribution < -0.4 is 11.5 Å². The number of hydrogen-bond acceptors (Lipinski definition) is 4. The smallest absolute Gasteiger partial charge is 0.408 e. The van der Waals surface area contributed by atoms with Crippen LogP contribution in [0.5, 0.6) is 0 Å². The third-order valence-corrected chi connectivity index (χ3v) is 3.78. The molecule has 0 radical (unpaired) electrons. The molecule has 3 aromatic rings. The average Bonchev–Trinajstić information content (AvgIpc) is 2.98. The molecular weight excluding hydrogens is 248 g/mol. The number of benzene rings is 1. The highest BCUT2D eigenvalue weighted by molar-refractivity contribution is 7.08. The van der Waals surface area contributed by atoms with E-state index in [1.165, 1.54) is 4.57 Å². The highest BCUT2D eigenvalue weighted by Crippen LogP contribution is 2.24. The summed E-state index contributed by atoms with van der Waals surface area (Å²) < 4.78 is 6.64. The predicted molar refractivity (Wildman–Crippen MR) is 71.8 cm³/mol. The van der Waals surface area contributed by atoms with Crippen molar-refractivity contribution in [2.75, 3.05) is 0 Å². The molecule has 2 heterocycles. The number of fused-ring (bicyclic) bond motifs is 1. The standard InChI is InChI=1S/C13H12N2O2S/c1-15-10-3-2-8(6-11(10)17-13(15)16)12(14)9-4-5-18-7-9/h2-7,12H,14H2,1H3. The highest BCUT2D eigenvalue weighted by atomic mass is 32.1. The van der Waals surface area contributed by atoms with Crippen LogP contribution in [-0.2, 0) is 7.05 Å². The Balaban J connectivity index is 2.11. The van der Waals surface area contributed by atoms with Gasteiger partial charge < -0.3 is 10.2 Å². The van der Waals surface area contributed by atoms with Gasteiger partial charge in [-0.25, -0.2) is 4.79 Å². The molecule has 1 atom stereocenters. The molecule has 0 fully saturated rings. The largest absolute Gasteiger partial charge is 0.419 e. The summed E-state index contributed by atoms with van der Waals surface area (Å²) in [6, 6.07) is 7.44. The Morgan fingerprint density at radius 2 is 2.17 bits per heavy atom. The number of aryl methyl sites for hydroxylation is 1. The zero-order valence-corrected chi connectivity index (χ0v) is 10.6. The van der Waals surface area contributed by atoms with Crippen LogP contribution >= 0.6 is 11.3 Å². The van der Waals surface area contributed by atoms with Gasteiger partial charge in [0.2, 0.25) is 0 Å². The van der Waals surface area contributed by atoms with Gasteiger partial charge in [-0.1, -0.05) is 6.07 Å². The van der Waals surface area contributed by atoms with Crippen molar-refractivity contribution >= 4 is 22.4 Å². The van der Waals surface area contributed by atoms with E-state index in [0.717, 1.165) is 16.6 Å². The van der Waals surface area contributed by atoms with Crippen molar-refractivity contribution in [1.29, 1.82) is 0 Å². The van der Waals surface area contributed by atoms with Gasteiger partial charge in [0.15, 0.2) is 5.58 Å². The second-order valence-electron chi connectivity index (χ2n) is 4.19. The van der Waals surface area contributed by atoms with Gasteiger partial charge in [-0.3, -0.25) is 4.57 Å². The summed E-state index contributed by atoms with van der Waals surface area (Å²) >= 11 is 1.62. The molecule has 0 amide bonds. The number of nitrogens with zero attached hydrogens (tertiary/aromatic N) is 1. The van der Waals surface area contributed by atoms with Crippen LogP contribution in [0.4, 0.5) is 0 Å². The number of oxazole rings is 1. The van der Waals surface area contributed by atoms with E-state index in [1.54, 1.807) is 18.4 Å². The Kier molecular flexibility index (Phi) is 2.57. The van der Waals surface area contributed by atoms with Gasteiger partial charge in [0.05, 0.1) is 11.6 Å². The topological polar surface area (TPSA) is 61.2 Å². The molecule has 0 saturated heterocycles. The predicted octanol–water partition coefficient (Wildman–Crippen LogP) is 2.24. The number of nitrogens with two attached hydrogens (primary N) is 1. The van der Waals surface area contributed by atoms with Gasteiger partial charge in [-0.05, 0) is 40.1 Å². The Labute approximate surface area is 107 Å². The first-order chi connectivity index (χ1) is 8.66. The third-order valence-electron chi connectivity index (χ3n) is 3.08. The SMILES string of the molecule is Cn1c(=O)oc2cc(C(N)c3ccsc3)ccc21. The first-order valence-corrected chi connectivity index (χ1v) is 6.48. The van der Waals surface area contributed by atoms with Crippen molar-refractivity contribution in [3.63, 3.8) is 0 Å². The van der Waals surface area contributed by atoms with Crippen LogP contribution in [0.3, 0.4) is 0 Å². The molecule has 2 aromatic heterocycles. The maximum absolute atomic E-state index is 11.4. The lowest BCUT2D eigenvalue weighted by Crippen LogP contribution is -2.10. The monoisotopic (exact) mass is 260 g/mol. The van der Waals surface area contributed by atoms with Gasteiger partial charge in [0.1, 0.15) is 0 Å². The fraction of sp³-hybridized carbons (Fsp3) is 0.154. The Bertz CT molecular complexity index is 740. The average molecular weight is 260 g/mol. The maximum atomic E-state index is 11.4. The quantitative estimate of drug-likeness (QED) is 0.768. The van der Waals surface area contributed by atoms with Crippen LogP contribution in [0, 0.1) is 0 Å². The van der Waals surface area contributed by atoms with Crippen LogP contribution in [0.1, 0.15) is 17.2 Å². The molecule has 1 aromatic carbocycles. The normalized spacial score (nSPS) is 13.0. The molecule has 0 aliphatic carbocycles. The lowest BCUT2D eigenvalue weighted by molar-refractivity contribution is 0.527. The van der Waals surface area contributed by atoms with Crippen molar-refractivity contribution in [3.05, 3.63) is 56.7 Å². The maximum Gasteiger partial charge on any atom is 0.419 e. The van der Waals surface area contributed by atoms with E-state index in [4.69, 9.17) is 10.2 Å². The summed E-state index contributed by atoms with van der Waals surface area (Å²) in [5.74, 6) is -0.355. The van der Waals surface area contributed by atoms with E-state index in [0.29, 0.717) is 5.58 Å². The molecule has 0 aliphatic heterocycles. The second kappa shape index (κ2) is 4.12. The molecule has 92 valence electrons. The van der Waals surface area contributed by atoms with Crippen LogP contribution in [-0.4, -0.2) is 4.57 Å². The number of hydrogen-bond donors (Lipinski definition) is 1. The van der Waals surface area contributed by atoms with E-state index in [1.807, 2.05) is 35.0 Å². The highest BCUT2D eigenvalue weighted by Gasteiger charge is 2.12. The van der Waals surface area contributed by atoms with Crippen molar-refractivity contribution in [1.82, 2.24) is 4.57 Å². The molecule has 2 N–H and O–H groups in total. The second-order valence-corrected chi connectivity index (χ2v) is 4.97. The fourth-order valence-electron chi connectivity index (χ4n) is 1.99. The lowest BCUT2D eigenvalue weighted by Gasteiger charge is -2.09. The van der Waals surface area contributed by atoms with Crippen molar-refractivity contribution < 1.29 is 4.42 Å². The van der Waals surface area contributed by atoms with Gasteiger partial charge in [-0.15, -0.1) is 0 Å². The molecule has 0 spiro atoms. The first-order valence-electron chi connectivity index (χ1n) is 5.54. The minimum atomic E-state index is -0.355. The van der Waals surface area contributed by atoms with E-state index in [-0.39, 0.29) is 11.8 Å². The number of thiophene rings is 1. The summed E-state index contributed by atoms with van der Waals surface area (Å²) in [4.78, 5) is 11.4. The summed E-state index contributed by atoms with van der Waals surface area (Å²) in [6.45, 7) is 0. The number of aromatic nitrogens is 1. The minimum absolute atomic E-state index is 0.189. The van der Waals surface area contributed by atoms with Gasteiger partial charge >= 0.3 is 5.76 Å². The van der Waals surface area contributed by atoms with Gasteiger partial charge in [-0.2, -0.15) is 11.3 Å². The van der Waals surface area contributed by atoms with Crippen molar-refractivity contribution in [3.8, 4) is 0 Å². The Morgan fingerprint density at radius 3 is 2.89 bits per heavy atom. The van der Waals surface area contributed by atoms with Crippen LogP contribution in [0.15, 0.2) is 44.2 Å². The number of rotatable bonds is 2. The molecule has 3 rings (SSSR count). The lowest BCUT2D eigenvalue weighted by atomic mass is 10.0. The Morgan fingerprint density at radius 1 is 1.33 bits per heavy atom. The first kappa shape index (κ1) is 11.3. The molecule has 0 saturated carbocycles. The van der Waals surface area contributed by atoms with Crippen LogP contribution in [0.2, 0.25) is 0 Å². The summed E-state index contributed by atoms with van der Waals surface area (Å²) in [5.41, 5.74) is 9.54. The zero-order valence-electron chi connectivity index (χ0n) is 9.79. The van der Waals surface area contributed by atoms with Gasteiger partial charge in [0.25, 0.3) is 0 Å². The zero-order chi connectivity index (χ0) is 12.7. The van der Waals surface area contributed by atoms with Crippen molar-refractivity contribution in [2.45, 2.75) is 6.04 Å². The molecule has 1 unspecified atom stereocenters. The molecule has 0 aliphatic rings. The van der Waals surface area contributed by atoms with E-state index >= 15 is 0 Å². The summed E-state index contributed by atoms with van der Waals surface area (Å²) in [6.07, 6.45) is 0. The summed E-state index contributed by atoms with van der Waals surface area (Å²) in [7, 11) is 1.69. The summed E-state index contributed by atoms with van der Waals surface area (Å²) in [5, 5.41) is 4.02.